The number of nitrogens with zero attached hydrogens (tertiary/aromatic N) is 4. The molecule has 3 heterocycles. The van der Waals surface area contributed by atoms with Crippen molar-refractivity contribution in [1.82, 2.24) is 19.4 Å². The van der Waals surface area contributed by atoms with Crippen LogP contribution in [0.25, 0.3) is 10.3 Å². The zero-order chi connectivity index (χ0) is 22.0. The van der Waals surface area contributed by atoms with Crippen molar-refractivity contribution in [1.29, 1.82) is 0 Å². The molecule has 3 aromatic rings. The zero-order valence-corrected chi connectivity index (χ0v) is 18.1. The minimum atomic E-state index is -0.533. The fourth-order valence-corrected chi connectivity index (χ4v) is 4.75. The van der Waals surface area contributed by atoms with Gasteiger partial charge in [-0.1, -0.05) is 30.4 Å². The van der Waals surface area contributed by atoms with Gasteiger partial charge in [0.25, 0.3) is 5.56 Å². The number of hydrogen-bond acceptors (Lipinski definition) is 6. The van der Waals surface area contributed by atoms with E-state index in [1.54, 1.807) is 12.1 Å². The Bertz CT molecular complexity index is 1210. The number of fused-ring (bicyclic) bond motifs is 1. The highest BCUT2D eigenvalue weighted by Gasteiger charge is 2.22. The van der Waals surface area contributed by atoms with Crippen LogP contribution in [0, 0.1) is 5.82 Å². The molecule has 8 nitrogen and oxygen atoms in total. The zero-order valence-electron chi connectivity index (χ0n) is 17.3. The van der Waals surface area contributed by atoms with Gasteiger partial charge in [-0.15, -0.1) is 0 Å². The third kappa shape index (κ3) is 4.39. The molecule has 1 aliphatic heterocycles. The molecule has 0 spiro atoms. The Morgan fingerprint density at radius 1 is 1.16 bits per heavy atom. The van der Waals surface area contributed by atoms with Crippen molar-refractivity contribution in [2.24, 2.45) is 0 Å². The highest BCUT2D eigenvalue weighted by molar-refractivity contribution is 7.22. The molecule has 10 heteroatoms. The molecule has 0 aliphatic carbocycles. The maximum absolute atomic E-state index is 13.1. The first-order valence-electron chi connectivity index (χ1n) is 10.4. The summed E-state index contributed by atoms with van der Waals surface area (Å²) in [6, 6.07) is 5.82. The molecule has 0 bridgehead atoms. The fraction of sp³-hybridized carbons (Fsp3) is 0.429. The van der Waals surface area contributed by atoms with E-state index in [9.17, 15) is 18.8 Å². The van der Waals surface area contributed by atoms with Crippen LogP contribution in [0.3, 0.4) is 0 Å². The summed E-state index contributed by atoms with van der Waals surface area (Å²) in [7, 11) is 0. The second kappa shape index (κ2) is 9.01. The molecular formula is C21H24FN5O3S. The second-order valence-corrected chi connectivity index (χ2v) is 8.55. The van der Waals surface area contributed by atoms with E-state index in [-0.39, 0.29) is 42.6 Å². The van der Waals surface area contributed by atoms with Crippen LogP contribution in [0.2, 0.25) is 0 Å². The van der Waals surface area contributed by atoms with E-state index in [1.165, 1.54) is 32.6 Å². The van der Waals surface area contributed by atoms with E-state index in [1.807, 2.05) is 6.92 Å². The molecule has 31 heavy (non-hydrogen) atoms. The predicted octanol–water partition coefficient (Wildman–Crippen LogP) is 2.09. The van der Waals surface area contributed by atoms with Crippen LogP contribution < -0.4 is 21.5 Å². The van der Waals surface area contributed by atoms with Crippen molar-refractivity contribution in [3.05, 3.63) is 56.5 Å². The Morgan fingerprint density at radius 3 is 2.55 bits per heavy atom. The molecule has 164 valence electrons. The average Bonchev–Trinajstić information content (AvgIpc) is 3.44. The van der Waals surface area contributed by atoms with Gasteiger partial charge in [-0.05, 0) is 37.0 Å². The summed E-state index contributed by atoms with van der Waals surface area (Å²) in [5, 5.41) is 3.45. The summed E-state index contributed by atoms with van der Waals surface area (Å²) < 4.78 is 15.9. The van der Waals surface area contributed by atoms with Gasteiger partial charge in [-0.2, -0.15) is 0 Å². The van der Waals surface area contributed by atoms with Gasteiger partial charge in [0.05, 0.1) is 0 Å². The van der Waals surface area contributed by atoms with Crippen LogP contribution in [0.1, 0.15) is 31.7 Å². The molecule has 2 aromatic heterocycles. The number of anilines is 1. The third-order valence-electron chi connectivity index (χ3n) is 5.28. The molecule has 1 N–H and O–H groups in total. The molecule has 1 aromatic carbocycles. The summed E-state index contributed by atoms with van der Waals surface area (Å²) in [5.74, 6) is -0.732. The van der Waals surface area contributed by atoms with Crippen LogP contribution in [0.4, 0.5) is 9.52 Å². The number of hydrogen-bond donors (Lipinski definition) is 1. The summed E-state index contributed by atoms with van der Waals surface area (Å²) in [4.78, 5) is 45.2. The van der Waals surface area contributed by atoms with Crippen LogP contribution in [0.5, 0.6) is 0 Å². The van der Waals surface area contributed by atoms with Crippen molar-refractivity contribution >= 4 is 32.7 Å². The van der Waals surface area contributed by atoms with Gasteiger partial charge in [0, 0.05) is 26.2 Å². The first kappa shape index (κ1) is 21.2. The third-order valence-corrected chi connectivity index (χ3v) is 6.38. The second-order valence-electron chi connectivity index (χ2n) is 7.57. The number of aromatic nitrogens is 3. The Kier molecular flexibility index (Phi) is 6.17. The minimum absolute atomic E-state index is 0.210. The van der Waals surface area contributed by atoms with Crippen molar-refractivity contribution in [3.63, 3.8) is 0 Å². The van der Waals surface area contributed by atoms with Crippen LogP contribution >= 0.6 is 11.3 Å². The Hall–Kier alpha value is -3.01. The van der Waals surface area contributed by atoms with Gasteiger partial charge in [0.15, 0.2) is 10.8 Å². The van der Waals surface area contributed by atoms with E-state index < -0.39 is 5.69 Å². The van der Waals surface area contributed by atoms with Gasteiger partial charge in [0.2, 0.25) is 5.91 Å². The molecule has 1 aliphatic rings. The highest BCUT2D eigenvalue weighted by Crippen LogP contribution is 2.28. The quantitative estimate of drug-likeness (QED) is 0.602. The number of halogens is 1. The molecule has 0 atom stereocenters. The summed E-state index contributed by atoms with van der Waals surface area (Å²) in [6.07, 6.45) is 2.75. The number of amides is 1. The monoisotopic (exact) mass is 445 g/mol. The fourth-order valence-electron chi connectivity index (χ4n) is 3.68. The first-order valence-corrected chi connectivity index (χ1v) is 11.2. The Balaban J connectivity index is 1.65. The SMILES string of the molecule is CCCn1c(=O)c2sc(N3CCCC3)nc2n(CC(=O)NCc2ccc(F)cc2)c1=O. The van der Waals surface area contributed by atoms with Crippen molar-refractivity contribution < 1.29 is 9.18 Å². The normalized spacial score (nSPS) is 13.8. The first-order chi connectivity index (χ1) is 15.0. The lowest BCUT2D eigenvalue weighted by molar-refractivity contribution is -0.121. The number of carbonyl (C=O) groups excluding carboxylic acids is 1. The smallest absolute Gasteiger partial charge is 0.333 e. The van der Waals surface area contributed by atoms with Crippen LogP contribution in [-0.4, -0.2) is 33.1 Å². The number of benzene rings is 1. The lowest BCUT2D eigenvalue weighted by Gasteiger charge is -2.12. The molecule has 0 unspecified atom stereocenters. The Labute approximate surface area is 181 Å². The molecular weight excluding hydrogens is 421 g/mol. The minimum Gasteiger partial charge on any atom is -0.350 e. The van der Waals surface area contributed by atoms with Gasteiger partial charge >= 0.3 is 5.69 Å². The van der Waals surface area contributed by atoms with E-state index >= 15 is 0 Å². The number of nitrogens with one attached hydrogen (secondary N) is 1. The van der Waals surface area contributed by atoms with Gasteiger partial charge < -0.3 is 10.2 Å². The summed E-state index contributed by atoms with van der Waals surface area (Å²) in [6.45, 7) is 3.86. The van der Waals surface area contributed by atoms with Crippen LogP contribution in [0.15, 0.2) is 33.9 Å². The van der Waals surface area contributed by atoms with Crippen LogP contribution in [-0.2, 0) is 24.4 Å². The van der Waals surface area contributed by atoms with Crippen molar-refractivity contribution in [3.8, 4) is 0 Å². The lowest BCUT2D eigenvalue weighted by Crippen LogP contribution is -2.42. The molecule has 0 radical (unpaired) electrons. The predicted molar refractivity (Wildman–Crippen MR) is 118 cm³/mol. The molecule has 1 saturated heterocycles. The lowest BCUT2D eigenvalue weighted by atomic mass is 10.2. The van der Waals surface area contributed by atoms with E-state index in [4.69, 9.17) is 0 Å². The molecule has 0 saturated carbocycles. The summed E-state index contributed by atoms with van der Waals surface area (Å²) >= 11 is 1.28. The van der Waals surface area contributed by atoms with Crippen molar-refractivity contribution in [2.75, 3.05) is 18.0 Å². The van der Waals surface area contributed by atoms with E-state index in [0.717, 1.165) is 31.5 Å². The summed E-state index contributed by atoms with van der Waals surface area (Å²) in [5.41, 5.74) is 0.113. The van der Waals surface area contributed by atoms with Gasteiger partial charge in [0.1, 0.15) is 17.1 Å². The number of carbonyl (C=O) groups is 1. The molecule has 1 fully saturated rings. The highest BCUT2D eigenvalue weighted by atomic mass is 32.1. The average molecular weight is 446 g/mol. The standard InChI is InChI=1S/C21H24FN5O3S/c1-2-9-26-19(29)17-18(24-20(31-17)25-10-3-4-11-25)27(21(26)30)13-16(28)23-12-14-5-7-15(22)8-6-14/h5-8H,2-4,9-13H2,1H3,(H,23,28). The number of thiazole rings is 1. The van der Waals surface area contributed by atoms with E-state index in [2.05, 4.69) is 15.2 Å². The maximum atomic E-state index is 13.1. The maximum Gasteiger partial charge on any atom is 0.333 e. The molecule has 1 amide bonds. The largest absolute Gasteiger partial charge is 0.350 e. The van der Waals surface area contributed by atoms with E-state index in [0.29, 0.717) is 16.3 Å². The van der Waals surface area contributed by atoms with Gasteiger partial charge in [-0.3, -0.25) is 18.7 Å². The molecule has 4 rings (SSSR count). The van der Waals surface area contributed by atoms with Gasteiger partial charge in [-0.25, -0.2) is 14.2 Å². The topological polar surface area (TPSA) is 89.2 Å². The number of rotatable bonds is 7. The van der Waals surface area contributed by atoms with Crippen molar-refractivity contribution in [2.45, 2.75) is 45.8 Å². The Morgan fingerprint density at radius 2 is 1.87 bits per heavy atom.